The molecule has 2 nitrogen and oxygen atoms in total. The first-order valence-electron chi connectivity index (χ1n) is 6.41. The Morgan fingerprint density at radius 2 is 1.61 bits per heavy atom. The summed E-state index contributed by atoms with van der Waals surface area (Å²) in [5, 5.41) is 0. The fourth-order valence-corrected chi connectivity index (χ4v) is 1.92. The molecule has 0 saturated heterocycles. The number of benzene rings is 1. The molecule has 0 unspecified atom stereocenters. The van der Waals surface area contributed by atoms with Crippen LogP contribution in [0.15, 0.2) is 36.5 Å². The smallest absolute Gasteiger partial charge is 0.191 e. The van der Waals surface area contributed by atoms with E-state index in [2.05, 4.69) is 20.8 Å². The molecule has 0 spiro atoms. The van der Waals surface area contributed by atoms with E-state index in [1.54, 1.807) is 6.08 Å². The largest absolute Gasteiger partial charge is 0.298 e. The van der Waals surface area contributed by atoms with E-state index in [-0.39, 0.29) is 11.6 Å². The topological polar surface area (TPSA) is 17.1 Å². The SMILES string of the molecule is CC[N+](C=CC(=O)c1ccc(F)cc1)(CC)CC. The molecule has 1 aromatic carbocycles. The van der Waals surface area contributed by atoms with Crippen LogP contribution in [0.4, 0.5) is 4.39 Å². The number of nitrogens with zero attached hydrogens (tertiary/aromatic N) is 1. The summed E-state index contributed by atoms with van der Waals surface area (Å²) in [5.74, 6) is -0.399. The first-order valence-corrected chi connectivity index (χ1v) is 6.41. The predicted molar refractivity (Wildman–Crippen MR) is 71.8 cm³/mol. The van der Waals surface area contributed by atoms with Crippen LogP contribution in [0.25, 0.3) is 0 Å². The van der Waals surface area contributed by atoms with Gasteiger partial charge in [-0.25, -0.2) is 4.39 Å². The van der Waals surface area contributed by atoms with Crippen LogP contribution in [0.1, 0.15) is 31.1 Å². The van der Waals surface area contributed by atoms with E-state index in [4.69, 9.17) is 0 Å². The molecule has 0 heterocycles. The summed E-state index contributed by atoms with van der Waals surface area (Å²) in [6.45, 7) is 9.21. The molecular weight excluding hydrogens is 229 g/mol. The highest BCUT2D eigenvalue weighted by Crippen LogP contribution is 2.09. The van der Waals surface area contributed by atoms with Crippen LogP contribution in [0.5, 0.6) is 0 Å². The van der Waals surface area contributed by atoms with Gasteiger partial charge in [-0.2, -0.15) is 0 Å². The zero-order valence-corrected chi connectivity index (χ0v) is 11.3. The second kappa shape index (κ2) is 6.45. The van der Waals surface area contributed by atoms with Crippen molar-refractivity contribution in [1.82, 2.24) is 0 Å². The van der Waals surface area contributed by atoms with Crippen LogP contribution >= 0.6 is 0 Å². The van der Waals surface area contributed by atoms with Crippen LogP contribution in [0.2, 0.25) is 0 Å². The minimum absolute atomic E-state index is 0.0761. The molecule has 98 valence electrons. The van der Waals surface area contributed by atoms with Gasteiger partial charge in [0.05, 0.1) is 25.8 Å². The molecule has 0 amide bonds. The Bertz CT molecular complexity index is 410. The van der Waals surface area contributed by atoms with Crippen LogP contribution < -0.4 is 0 Å². The molecule has 0 aromatic heterocycles. The summed E-state index contributed by atoms with van der Waals surface area (Å²) in [6.07, 6.45) is 3.55. The van der Waals surface area contributed by atoms with Gasteiger partial charge in [-0.3, -0.25) is 9.28 Å². The number of halogens is 1. The van der Waals surface area contributed by atoms with Crippen molar-refractivity contribution in [2.24, 2.45) is 0 Å². The summed E-state index contributed by atoms with van der Waals surface area (Å²) in [7, 11) is 0. The highest BCUT2D eigenvalue weighted by atomic mass is 19.1. The number of carbonyl (C=O) groups excluding carboxylic acids is 1. The summed E-state index contributed by atoms with van der Waals surface area (Å²) < 4.78 is 13.5. The minimum Gasteiger partial charge on any atom is -0.298 e. The Kier molecular flexibility index (Phi) is 5.23. The van der Waals surface area contributed by atoms with E-state index in [0.29, 0.717) is 5.56 Å². The predicted octanol–water partition coefficient (Wildman–Crippen LogP) is 3.40. The standard InChI is InChI=1S/C15H21FNO/c1-4-17(5-2,6-3)12-11-15(18)13-7-9-14(16)10-8-13/h7-12H,4-6H2,1-3H3/q+1. The molecule has 1 aromatic rings. The lowest BCUT2D eigenvalue weighted by atomic mass is 10.1. The monoisotopic (exact) mass is 250 g/mol. The Morgan fingerprint density at radius 3 is 2.06 bits per heavy atom. The number of hydrogen-bond acceptors (Lipinski definition) is 1. The molecular formula is C15H21FNO+. The van der Waals surface area contributed by atoms with Crippen LogP contribution in [0.3, 0.4) is 0 Å². The maximum atomic E-state index is 12.8. The average molecular weight is 250 g/mol. The molecule has 0 aliphatic carbocycles. The maximum Gasteiger partial charge on any atom is 0.191 e. The Labute approximate surface area is 108 Å². The maximum absolute atomic E-state index is 12.8. The third-order valence-corrected chi connectivity index (χ3v) is 3.56. The second-order valence-electron chi connectivity index (χ2n) is 4.35. The number of ketones is 1. The van der Waals surface area contributed by atoms with Gasteiger partial charge in [0.2, 0.25) is 0 Å². The van der Waals surface area contributed by atoms with Gasteiger partial charge in [0.1, 0.15) is 5.82 Å². The van der Waals surface area contributed by atoms with Crippen LogP contribution in [-0.2, 0) is 0 Å². The van der Waals surface area contributed by atoms with Crippen LogP contribution in [0, 0.1) is 5.82 Å². The van der Waals surface area contributed by atoms with E-state index in [1.807, 2.05) is 6.20 Å². The molecule has 0 atom stereocenters. The van der Waals surface area contributed by atoms with Gasteiger partial charge in [0.15, 0.2) is 5.78 Å². The van der Waals surface area contributed by atoms with Gasteiger partial charge < -0.3 is 0 Å². The van der Waals surface area contributed by atoms with E-state index >= 15 is 0 Å². The highest BCUT2D eigenvalue weighted by Gasteiger charge is 2.17. The lowest BCUT2D eigenvalue weighted by Crippen LogP contribution is -2.42. The number of rotatable bonds is 6. The molecule has 1 rings (SSSR count). The lowest BCUT2D eigenvalue weighted by Gasteiger charge is -2.31. The zero-order chi connectivity index (χ0) is 13.6. The molecule has 3 heteroatoms. The third-order valence-electron chi connectivity index (χ3n) is 3.56. The fraction of sp³-hybridized carbons (Fsp3) is 0.400. The Hall–Kier alpha value is -1.48. The summed E-state index contributed by atoms with van der Waals surface area (Å²) >= 11 is 0. The molecule has 18 heavy (non-hydrogen) atoms. The molecule has 0 radical (unpaired) electrons. The fourth-order valence-electron chi connectivity index (χ4n) is 1.92. The van der Waals surface area contributed by atoms with Crippen molar-refractivity contribution in [3.8, 4) is 0 Å². The van der Waals surface area contributed by atoms with Crippen molar-refractivity contribution in [2.75, 3.05) is 19.6 Å². The normalized spacial score (nSPS) is 12.0. The highest BCUT2D eigenvalue weighted by molar-refractivity contribution is 6.04. The molecule has 0 aliphatic heterocycles. The van der Waals surface area contributed by atoms with Gasteiger partial charge in [0, 0.05) is 11.6 Å². The van der Waals surface area contributed by atoms with Crippen LogP contribution in [-0.4, -0.2) is 29.9 Å². The Morgan fingerprint density at radius 1 is 1.11 bits per heavy atom. The van der Waals surface area contributed by atoms with E-state index in [0.717, 1.165) is 24.1 Å². The minimum atomic E-state index is -0.323. The number of quaternary nitrogens is 1. The van der Waals surface area contributed by atoms with Crippen molar-refractivity contribution in [1.29, 1.82) is 0 Å². The van der Waals surface area contributed by atoms with Gasteiger partial charge in [0.25, 0.3) is 0 Å². The molecule has 0 fully saturated rings. The van der Waals surface area contributed by atoms with Gasteiger partial charge in [-0.05, 0) is 45.0 Å². The van der Waals surface area contributed by atoms with Gasteiger partial charge in [-0.1, -0.05) is 0 Å². The number of allylic oxidation sites excluding steroid dienone is 1. The number of carbonyl (C=O) groups is 1. The third kappa shape index (κ3) is 3.50. The van der Waals surface area contributed by atoms with Crippen molar-refractivity contribution < 1.29 is 13.7 Å². The Balaban J connectivity index is 2.83. The summed E-state index contributed by atoms with van der Waals surface area (Å²) in [4.78, 5) is 11.9. The van der Waals surface area contributed by atoms with Gasteiger partial charge in [-0.15, -0.1) is 0 Å². The van der Waals surface area contributed by atoms with Crippen molar-refractivity contribution in [2.45, 2.75) is 20.8 Å². The lowest BCUT2D eigenvalue weighted by molar-refractivity contribution is -0.874. The first-order chi connectivity index (χ1) is 8.56. The quantitative estimate of drug-likeness (QED) is 0.429. The van der Waals surface area contributed by atoms with E-state index in [9.17, 15) is 9.18 Å². The molecule has 0 saturated carbocycles. The summed E-state index contributed by atoms with van der Waals surface area (Å²) in [6, 6.07) is 5.65. The van der Waals surface area contributed by atoms with E-state index < -0.39 is 0 Å². The zero-order valence-electron chi connectivity index (χ0n) is 11.3. The average Bonchev–Trinajstić information content (AvgIpc) is 2.41. The van der Waals surface area contributed by atoms with Crippen molar-refractivity contribution in [3.63, 3.8) is 0 Å². The second-order valence-corrected chi connectivity index (χ2v) is 4.35. The first kappa shape index (κ1) is 14.6. The number of hydrogen-bond donors (Lipinski definition) is 0. The molecule has 0 aliphatic rings. The van der Waals surface area contributed by atoms with E-state index in [1.165, 1.54) is 24.3 Å². The molecule has 0 bridgehead atoms. The molecule has 0 N–H and O–H groups in total. The van der Waals surface area contributed by atoms with Gasteiger partial charge >= 0.3 is 0 Å². The van der Waals surface area contributed by atoms with Crippen molar-refractivity contribution >= 4 is 5.78 Å². The van der Waals surface area contributed by atoms with Crippen molar-refractivity contribution in [3.05, 3.63) is 47.9 Å². The summed E-state index contributed by atoms with van der Waals surface area (Å²) in [5.41, 5.74) is 0.522.